The van der Waals surface area contributed by atoms with Crippen molar-refractivity contribution in [3.05, 3.63) is 29.0 Å². The van der Waals surface area contributed by atoms with Crippen molar-refractivity contribution in [3.63, 3.8) is 0 Å². The van der Waals surface area contributed by atoms with Crippen molar-refractivity contribution < 1.29 is 18.9 Å². The van der Waals surface area contributed by atoms with Gasteiger partial charge in [0.05, 0.1) is 63.8 Å². The number of rotatable bonds is 19. The van der Waals surface area contributed by atoms with Crippen molar-refractivity contribution in [1.82, 2.24) is 19.4 Å². The number of aromatic nitrogens is 2. The second kappa shape index (κ2) is 17.7. The summed E-state index contributed by atoms with van der Waals surface area (Å²) in [6, 6.07) is 5.92. The number of benzene rings is 1. The maximum absolute atomic E-state index is 6.11. The van der Waals surface area contributed by atoms with Crippen LogP contribution >= 0.6 is 11.6 Å². The second-order valence-corrected chi connectivity index (χ2v) is 9.58. The highest BCUT2D eigenvalue weighted by Crippen LogP contribution is 2.21. The molecule has 3 rings (SSSR count). The lowest BCUT2D eigenvalue weighted by Crippen LogP contribution is -2.47. The van der Waals surface area contributed by atoms with Gasteiger partial charge in [-0.3, -0.25) is 9.80 Å². The number of terminal acetylenes is 1. The molecule has 1 aromatic carbocycles. The molecule has 2 heterocycles. The molecule has 206 valence electrons. The summed E-state index contributed by atoms with van der Waals surface area (Å²) in [6.45, 7) is 14.0. The lowest BCUT2D eigenvalue weighted by molar-refractivity contribution is -0.00532. The summed E-state index contributed by atoms with van der Waals surface area (Å²) in [5, 5.41) is 0.726. The van der Waals surface area contributed by atoms with Gasteiger partial charge in [0.1, 0.15) is 5.82 Å². The van der Waals surface area contributed by atoms with Gasteiger partial charge >= 0.3 is 0 Å². The van der Waals surface area contributed by atoms with Crippen molar-refractivity contribution >= 4 is 22.6 Å². The lowest BCUT2D eigenvalue weighted by atomic mass is 10.3. The number of ether oxygens (including phenoxy) is 4. The molecule has 0 atom stereocenters. The van der Waals surface area contributed by atoms with Gasteiger partial charge in [0.25, 0.3) is 0 Å². The number of fused-ring (bicyclic) bond motifs is 1. The molecule has 0 amide bonds. The second-order valence-electron chi connectivity index (χ2n) is 9.14. The van der Waals surface area contributed by atoms with Crippen LogP contribution in [-0.2, 0) is 31.9 Å². The van der Waals surface area contributed by atoms with Crippen LogP contribution in [0.15, 0.2) is 18.2 Å². The molecule has 0 saturated carbocycles. The Bertz CT molecular complexity index is 940. The predicted molar refractivity (Wildman–Crippen MR) is 148 cm³/mol. The molecule has 0 spiro atoms. The Morgan fingerprint density at radius 1 is 0.838 bits per heavy atom. The summed E-state index contributed by atoms with van der Waals surface area (Å²) in [6.07, 6.45) is 8.32. The minimum Gasteiger partial charge on any atom is -0.379 e. The largest absolute Gasteiger partial charge is 0.379 e. The zero-order valence-electron chi connectivity index (χ0n) is 22.3. The Labute approximate surface area is 227 Å². The summed E-state index contributed by atoms with van der Waals surface area (Å²) < 4.78 is 24.8. The lowest BCUT2D eigenvalue weighted by Gasteiger charge is -2.33. The quantitative estimate of drug-likeness (QED) is 0.202. The van der Waals surface area contributed by atoms with Crippen LogP contribution in [0, 0.1) is 12.3 Å². The maximum atomic E-state index is 6.11. The zero-order chi connectivity index (χ0) is 26.1. The topological polar surface area (TPSA) is 61.2 Å². The molecular weight excluding hydrogens is 492 g/mol. The van der Waals surface area contributed by atoms with Crippen LogP contribution < -0.4 is 0 Å². The summed E-state index contributed by atoms with van der Waals surface area (Å²) >= 11 is 6.11. The first-order valence-corrected chi connectivity index (χ1v) is 13.9. The van der Waals surface area contributed by atoms with E-state index in [1.165, 1.54) is 0 Å². The van der Waals surface area contributed by atoms with Crippen molar-refractivity contribution in [2.45, 2.75) is 32.7 Å². The highest BCUT2D eigenvalue weighted by atomic mass is 35.5. The average molecular weight is 535 g/mol. The summed E-state index contributed by atoms with van der Waals surface area (Å²) in [5.41, 5.74) is 2.12. The first-order chi connectivity index (χ1) is 18.2. The third-order valence-corrected chi connectivity index (χ3v) is 6.71. The van der Waals surface area contributed by atoms with Gasteiger partial charge in [-0.15, -0.1) is 6.42 Å². The first kappa shape index (κ1) is 29.9. The molecular formula is C28H43ClN4O4. The van der Waals surface area contributed by atoms with Crippen LogP contribution in [0.25, 0.3) is 11.0 Å². The van der Waals surface area contributed by atoms with Gasteiger partial charge in [-0.1, -0.05) is 24.4 Å². The molecule has 1 aliphatic rings. The van der Waals surface area contributed by atoms with E-state index >= 15 is 0 Å². The number of hydrogen-bond donors (Lipinski definition) is 0. The number of halogens is 1. The fourth-order valence-corrected chi connectivity index (χ4v) is 4.57. The predicted octanol–water partition coefficient (Wildman–Crippen LogP) is 3.35. The van der Waals surface area contributed by atoms with Crippen LogP contribution in [0.4, 0.5) is 0 Å². The van der Waals surface area contributed by atoms with E-state index in [1.807, 2.05) is 12.1 Å². The van der Waals surface area contributed by atoms with Crippen molar-refractivity contribution in [2.24, 2.45) is 0 Å². The molecule has 2 aromatic rings. The van der Waals surface area contributed by atoms with Crippen molar-refractivity contribution in [2.75, 3.05) is 92.1 Å². The molecule has 0 N–H and O–H groups in total. The monoisotopic (exact) mass is 534 g/mol. The number of aryl methyl sites for hydroxylation is 2. The van der Waals surface area contributed by atoms with Gasteiger partial charge in [0.2, 0.25) is 0 Å². The molecule has 8 nitrogen and oxygen atoms in total. The third kappa shape index (κ3) is 10.9. The normalized spacial score (nSPS) is 14.9. The zero-order valence-corrected chi connectivity index (χ0v) is 23.1. The van der Waals surface area contributed by atoms with E-state index in [0.717, 1.165) is 100 Å². The minimum absolute atomic E-state index is 0.572. The number of imidazole rings is 1. The van der Waals surface area contributed by atoms with Crippen molar-refractivity contribution in [1.29, 1.82) is 0 Å². The van der Waals surface area contributed by atoms with Crippen LogP contribution in [0.2, 0.25) is 5.02 Å². The summed E-state index contributed by atoms with van der Waals surface area (Å²) in [7, 11) is 0. The molecule has 9 heteroatoms. The number of unbranched alkanes of at least 4 members (excludes halogenated alkanes) is 1. The van der Waals surface area contributed by atoms with Gasteiger partial charge in [-0.25, -0.2) is 4.98 Å². The van der Waals surface area contributed by atoms with Gasteiger partial charge in [0.15, 0.2) is 0 Å². The smallest absolute Gasteiger partial charge is 0.109 e. The summed E-state index contributed by atoms with van der Waals surface area (Å²) in [5.74, 6) is 3.82. The molecule has 1 saturated heterocycles. The molecule has 0 radical (unpaired) electrons. The van der Waals surface area contributed by atoms with E-state index < -0.39 is 0 Å². The van der Waals surface area contributed by atoms with Crippen LogP contribution in [0.5, 0.6) is 0 Å². The van der Waals surface area contributed by atoms with Crippen LogP contribution in [0.3, 0.4) is 0 Å². The Hall–Kier alpha value is -1.70. The van der Waals surface area contributed by atoms with Crippen molar-refractivity contribution in [3.8, 4) is 12.3 Å². The van der Waals surface area contributed by atoms with E-state index in [-0.39, 0.29) is 0 Å². The number of hydrogen-bond acceptors (Lipinski definition) is 7. The highest BCUT2D eigenvalue weighted by molar-refractivity contribution is 6.31. The molecule has 0 bridgehead atoms. The van der Waals surface area contributed by atoms with E-state index in [0.29, 0.717) is 39.6 Å². The van der Waals surface area contributed by atoms with E-state index in [4.69, 9.17) is 42.0 Å². The Kier molecular flexibility index (Phi) is 14.3. The molecule has 0 unspecified atom stereocenters. The van der Waals surface area contributed by atoms with Gasteiger partial charge in [-0.2, -0.15) is 0 Å². The molecule has 1 aromatic heterocycles. The SMILES string of the molecule is C#CCN1CCN(CCOCCOCCOCCOCCCCn2c(CC)nc3cc(Cl)ccc32)CC1. The fraction of sp³-hybridized carbons (Fsp3) is 0.679. The third-order valence-electron chi connectivity index (χ3n) is 6.47. The molecule has 1 fully saturated rings. The first-order valence-electron chi connectivity index (χ1n) is 13.5. The van der Waals surface area contributed by atoms with Crippen LogP contribution in [0.1, 0.15) is 25.6 Å². The maximum Gasteiger partial charge on any atom is 0.109 e. The van der Waals surface area contributed by atoms with E-state index in [2.05, 4.69) is 33.3 Å². The molecule has 37 heavy (non-hydrogen) atoms. The van der Waals surface area contributed by atoms with Crippen LogP contribution in [-0.4, -0.2) is 111 Å². The fourth-order valence-electron chi connectivity index (χ4n) is 4.40. The Morgan fingerprint density at radius 2 is 1.46 bits per heavy atom. The number of nitrogens with zero attached hydrogens (tertiary/aromatic N) is 4. The van der Waals surface area contributed by atoms with Gasteiger partial charge in [0, 0.05) is 57.3 Å². The summed E-state index contributed by atoms with van der Waals surface area (Å²) in [4.78, 5) is 9.44. The highest BCUT2D eigenvalue weighted by Gasteiger charge is 2.15. The average Bonchev–Trinajstić information content (AvgIpc) is 3.26. The molecule has 1 aliphatic heterocycles. The Morgan fingerprint density at radius 3 is 2.11 bits per heavy atom. The number of piperazine rings is 1. The van der Waals surface area contributed by atoms with Gasteiger partial charge in [-0.05, 0) is 31.0 Å². The molecule has 0 aliphatic carbocycles. The Balaban J connectivity index is 1.08. The van der Waals surface area contributed by atoms with E-state index in [9.17, 15) is 0 Å². The minimum atomic E-state index is 0.572. The van der Waals surface area contributed by atoms with Gasteiger partial charge < -0.3 is 23.5 Å². The van der Waals surface area contributed by atoms with E-state index in [1.54, 1.807) is 0 Å². The standard InChI is InChI=1S/C28H43ClN4O4/c1-3-9-31-11-13-32(14-12-31)15-17-35-19-21-37-23-22-36-20-18-34-16-6-5-10-33-27-8-7-25(29)24-26(27)30-28(33)4-2/h1,7-8,24H,4-6,9-23H2,2H3.